The average Bonchev–Trinajstić information content (AvgIpc) is 2.54. The van der Waals surface area contributed by atoms with Gasteiger partial charge in [-0.15, -0.1) is 0 Å². The Balaban J connectivity index is 1.99. The molecule has 1 heterocycles. The fourth-order valence-corrected chi connectivity index (χ4v) is 2.52. The highest BCUT2D eigenvalue weighted by molar-refractivity contribution is 6.36. The number of carbonyl (C=O) groups is 1. The van der Waals surface area contributed by atoms with E-state index in [0.717, 1.165) is 13.0 Å². The number of pyridine rings is 1. The van der Waals surface area contributed by atoms with Crippen molar-refractivity contribution in [3.8, 4) is 0 Å². The smallest absolute Gasteiger partial charge is 0.251 e. The van der Waals surface area contributed by atoms with Crippen LogP contribution in [0.2, 0.25) is 10.0 Å². The highest BCUT2D eigenvalue weighted by Gasteiger charge is 2.08. The molecule has 0 saturated heterocycles. The Labute approximate surface area is 152 Å². The molecule has 24 heavy (non-hydrogen) atoms. The lowest BCUT2D eigenvalue weighted by Crippen LogP contribution is -2.27. The van der Waals surface area contributed by atoms with Gasteiger partial charge in [0.1, 0.15) is 5.82 Å². The van der Waals surface area contributed by atoms with Crippen LogP contribution in [0.1, 0.15) is 16.8 Å². The molecule has 2 aromatic rings. The minimum atomic E-state index is -0.124. The summed E-state index contributed by atoms with van der Waals surface area (Å²) in [5.41, 5.74) is 1.22. The minimum absolute atomic E-state index is 0.124. The van der Waals surface area contributed by atoms with Gasteiger partial charge in [0, 0.05) is 23.3 Å². The molecule has 2 N–H and O–H groups in total. The van der Waals surface area contributed by atoms with Gasteiger partial charge in [0.15, 0.2) is 0 Å². The Kier molecular flexibility index (Phi) is 6.85. The maximum absolute atomic E-state index is 12.2. The second kappa shape index (κ2) is 8.87. The number of nitrogens with zero attached hydrogens (tertiary/aromatic N) is 2. The summed E-state index contributed by atoms with van der Waals surface area (Å²) in [6.07, 6.45) is 2.48. The van der Waals surface area contributed by atoms with E-state index in [-0.39, 0.29) is 5.91 Å². The van der Waals surface area contributed by atoms with Crippen LogP contribution in [-0.2, 0) is 0 Å². The van der Waals surface area contributed by atoms with Crippen LogP contribution in [0.4, 0.5) is 11.5 Å². The lowest BCUT2D eigenvalue weighted by molar-refractivity contribution is 0.0952. The molecule has 0 fully saturated rings. The largest absolute Gasteiger partial charge is 0.352 e. The van der Waals surface area contributed by atoms with Gasteiger partial charge in [0.05, 0.1) is 10.7 Å². The number of hydrogen-bond acceptors (Lipinski definition) is 4. The summed E-state index contributed by atoms with van der Waals surface area (Å²) in [6, 6.07) is 8.51. The van der Waals surface area contributed by atoms with E-state index in [2.05, 4.69) is 20.5 Å². The van der Waals surface area contributed by atoms with Gasteiger partial charge in [-0.2, -0.15) is 0 Å². The maximum Gasteiger partial charge on any atom is 0.251 e. The normalized spacial score (nSPS) is 10.7. The van der Waals surface area contributed by atoms with Gasteiger partial charge < -0.3 is 15.5 Å². The molecule has 128 valence electrons. The summed E-state index contributed by atoms with van der Waals surface area (Å²) in [7, 11) is 4.01. The lowest BCUT2D eigenvalue weighted by Gasteiger charge is -2.11. The maximum atomic E-state index is 12.2. The fourth-order valence-electron chi connectivity index (χ4n) is 2.07. The van der Waals surface area contributed by atoms with Crippen molar-refractivity contribution in [3.63, 3.8) is 0 Å². The van der Waals surface area contributed by atoms with Crippen LogP contribution in [-0.4, -0.2) is 43.0 Å². The summed E-state index contributed by atoms with van der Waals surface area (Å²) in [5.74, 6) is 0.418. The van der Waals surface area contributed by atoms with Crippen molar-refractivity contribution in [1.29, 1.82) is 0 Å². The molecule has 0 aliphatic rings. The van der Waals surface area contributed by atoms with Gasteiger partial charge in [-0.3, -0.25) is 4.79 Å². The summed E-state index contributed by atoms with van der Waals surface area (Å²) in [6.45, 7) is 1.56. The summed E-state index contributed by atoms with van der Waals surface area (Å²) >= 11 is 12.0. The standard InChI is InChI=1S/C17H20Cl2N4O/c1-23(2)9-3-7-21-17(24)12-6-8-20-16(10-12)22-15-5-4-13(18)11-14(15)19/h4-6,8,10-11H,3,7,9H2,1-2H3,(H,20,22)(H,21,24). The van der Waals surface area contributed by atoms with Crippen molar-refractivity contribution in [2.45, 2.75) is 6.42 Å². The second-order valence-electron chi connectivity index (χ2n) is 5.59. The number of rotatable bonds is 7. The summed E-state index contributed by atoms with van der Waals surface area (Å²) in [4.78, 5) is 18.5. The molecular weight excluding hydrogens is 347 g/mol. The van der Waals surface area contributed by atoms with Gasteiger partial charge in [-0.05, 0) is 57.4 Å². The van der Waals surface area contributed by atoms with E-state index in [0.29, 0.717) is 33.7 Å². The van der Waals surface area contributed by atoms with E-state index in [1.165, 1.54) is 0 Å². The molecule has 7 heteroatoms. The molecule has 0 atom stereocenters. The molecular formula is C17H20Cl2N4O. The fraction of sp³-hybridized carbons (Fsp3) is 0.294. The zero-order chi connectivity index (χ0) is 17.5. The number of nitrogens with one attached hydrogen (secondary N) is 2. The third-order valence-electron chi connectivity index (χ3n) is 3.28. The number of hydrogen-bond donors (Lipinski definition) is 2. The molecule has 0 saturated carbocycles. The molecule has 0 aliphatic carbocycles. The summed E-state index contributed by atoms with van der Waals surface area (Å²) < 4.78 is 0. The van der Waals surface area contributed by atoms with E-state index < -0.39 is 0 Å². The number of anilines is 2. The Morgan fingerprint density at radius 3 is 2.71 bits per heavy atom. The van der Waals surface area contributed by atoms with Crippen molar-refractivity contribution in [1.82, 2.24) is 15.2 Å². The third-order valence-corrected chi connectivity index (χ3v) is 3.83. The molecule has 0 unspecified atom stereocenters. The van der Waals surface area contributed by atoms with Crippen LogP contribution in [0.25, 0.3) is 0 Å². The molecule has 0 spiro atoms. The highest BCUT2D eigenvalue weighted by atomic mass is 35.5. The number of benzene rings is 1. The van der Waals surface area contributed by atoms with Crippen molar-refractivity contribution in [2.24, 2.45) is 0 Å². The third kappa shape index (κ3) is 5.67. The van der Waals surface area contributed by atoms with E-state index in [4.69, 9.17) is 23.2 Å². The van der Waals surface area contributed by atoms with Gasteiger partial charge in [-0.25, -0.2) is 4.98 Å². The predicted molar refractivity (Wildman–Crippen MR) is 99.5 cm³/mol. The van der Waals surface area contributed by atoms with Gasteiger partial charge >= 0.3 is 0 Å². The molecule has 0 aliphatic heterocycles. The molecule has 1 aromatic heterocycles. The zero-order valence-corrected chi connectivity index (χ0v) is 15.2. The molecule has 2 rings (SSSR count). The Hall–Kier alpha value is -1.82. The van der Waals surface area contributed by atoms with Gasteiger partial charge in [0.25, 0.3) is 5.91 Å². The van der Waals surface area contributed by atoms with Crippen LogP contribution >= 0.6 is 23.2 Å². The number of amides is 1. The molecule has 0 radical (unpaired) electrons. The van der Waals surface area contributed by atoms with Crippen molar-refractivity contribution >= 4 is 40.6 Å². The van der Waals surface area contributed by atoms with Crippen molar-refractivity contribution in [3.05, 3.63) is 52.1 Å². The van der Waals surface area contributed by atoms with E-state index in [1.807, 2.05) is 14.1 Å². The number of halogens is 2. The monoisotopic (exact) mass is 366 g/mol. The highest BCUT2D eigenvalue weighted by Crippen LogP contribution is 2.27. The predicted octanol–water partition coefficient (Wildman–Crippen LogP) is 3.81. The number of carbonyl (C=O) groups excluding carboxylic acids is 1. The Morgan fingerprint density at radius 1 is 1.21 bits per heavy atom. The minimum Gasteiger partial charge on any atom is -0.352 e. The topological polar surface area (TPSA) is 57.3 Å². The van der Waals surface area contributed by atoms with Crippen molar-refractivity contribution < 1.29 is 4.79 Å². The van der Waals surface area contributed by atoms with E-state index >= 15 is 0 Å². The second-order valence-corrected chi connectivity index (χ2v) is 6.44. The van der Waals surface area contributed by atoms with Gasteiger partial charge in [0.2, 0.25) is 0 Å². The zero-order valence-electron chi connectivity index (χ0n) is 13.6. The van der Waals surface area contributed by atoms with Crippen LogP contribution in [0, 0.1) is 0 Å². The molecule has 0 bridgehead atoms. The van der Waals surface area contributed by atoms with Crippen LogP contribution in [0.15, 0.2) is 36.5 Å². The SMILES string of the molecule is CN(C)CCCNC(=O)c1ccnc(Nc2ccc(Cl)cc2Cl)c1. The quantitative estimate of drug-likeness (QED) is 0.731. The van der Waals surface area contributed by atoms with Gasteiger partial charge in [-0.1, -0.05) is 23.2 Å². The first-order chi connectivity index (χ1) is 11.5. The molecule has 5 nitrogen and oxygen atoms in total. The molecule has 1 amide bonds. The van der Waals surface area contributed by atoms with Crippen LogP contribution in [0.3, 0.4) is 0 Å². The average molecular weight is 367 g/mol. The summed E-state index contributed by atoms with van der Waals surface area (Å²) in [5, 5.41) is 7.04. The van der Waals surface area contributed by atoms with Crippen LogP contribution < -0.4 is 10.6 Å². The van der Waals surface area contributed by atoms with E-state index in [9.17, 15) is 4.79 Å². The first-order valence-electron chi connectivity index (χ1n) is 7.57. The van der Waals surface area contributed by atoms with E-state index in [1.54, 1.807) is 36.5 Å². The molecule has 1 aromatic carbocycles. The number of aromatic nitrogens is 1. The van der Waals surface area contributed by atoms with Crippen LogP contribution in [0.5, 0.6) is 0 Å². The lowest BCUT2D eigenvalue weighted by atomic mass is 10.2. The Morgan fingerprint density at radius 2 is 2.00 bits per heavy atom. The first-order valence-corrected chi connectivity index (χ1v) is 8.32. The first kappa shape index (κ1) is 18.5. The van der Waals surface area contributed by atoms with Crippen molar-refractivity contribution in [2.75, 3.05) is 32.5 Å². The Bertz CT molecular complexity index is 707.